The van der Waals surface area contributed by atoms with E-state index in [4.69, 9.17) is 0 Å². The first-order valence-corrected chi connectivity index (χ1v) is 8.60. The van der Waals surface area contributed by atoms with Gasteiger partial charge in [-0.25, -0.2) is 9.48 Å². The van der Waals surface area contributed by atoms with Crippen LogP contribution in [0.5, 0.6) is 0 Å². The number of aryl methyl sites for hydroxylation is 1. The Morgan fingerprint density at radius 3 is 2.43 bits per heavy atom. The fourth-order valence-electron chi connectivity index (χ4n) is 2.71. The van der Waals surface area contributed by atoms with Gasteiger partial charge in [0.25, 0.3) is 5.56 Å². The van der Waals surface area contributed by atoms with Gasteiger partial charge in [0.2, 0.25) is 5.91 Å². The molecule has 2 aromatic carbocycles. The summed E-state index contributed by atoms with van der Waals surface area (Å²) in [6, 6.07) is 17.0. The average molecular weight is 377 g/mol. The third-order valence-electron chi connectivity index (χ3n) is 4.17. The van der Waals surface area contributed by atoms with E-state index < -0.39 is 11.9 Å². The summed E-state index contributed by atoms with van der Waals surface area (Å²) in [6.07, 6.45) is 0. The maximum absolute atomic E-state index is 12.3. The van der Waals surface area contributed by atoms with Crippen molar-refractivity contribution in [2.75, 3.05) is 12.4 Å². The Morgan fingerprint density at radius 1 is 1.04 bits per heavy atom. The van der Waals surface area contributed by atoms with Crippen LogP contribution in [0.4, 0.5) is 5.69 Å². The van der Waals surface area contributed by atoms with Gasteiger partial charge in [-0.05, 0) is 42.8 Å². The molecule has 0 aliphatic heterocycles. The van der Waals surface area contributed by atoms with Gasteiger partial charge in [-0.2, -0.15) is 5.10 Å². The van der Waals surface area contributed by atoms with Crippen LogP contribution in [-0.4, -0.2) is 28.8 Å². The number of carbonyl (C=O) groups is 2. The zero-order chi connectivity index (χ0) is 20.1. The van der Waals surface area contributed by atoms with Crippen molar-refractivity contribution in [2.24, 2.45) is 0 Å². The minimum atomic E-state index is -0.457. The number of nitrogens with one attached hydrogen (secondary N) is 1. The lowest BCUT2D eigenvalue weighted by atomic mass is 10.1. The van der Waals surface area contributed by atoms with Crippen LogP contribution in [0.15, 0.2) is 65.5 Å². The Kier molecular flexibility index (Phi) is 5.64. The number of ether oxygens (including phenoxy) is 1. The van der Waals surface area contributed by atoms with Crippen LogP contribution in [0.2, 0.25) is 0 Å². The average Bonchev–Trinajstić information content (AvgIpc) is 2.70. The Bertz CT molecular complexity index is 1070. The van der Waals surface area contributed by atoms with E-state index in [1.807, 2.05) is 31.2 Å². The molecule has 0 atom stereocenters. The number of amides is 1. The highest BCUT2D eigenvalue weighted by Crippen LogP contribution is 2.19. The van der Waals surface area contributed by atoms with Gasteiger partial charge in [-0.1, -0.05) is 24.3 Å². The fourth-order valence-corrected chi connectivity index (χ4v) is 2.71. The van der Waals surface area contributed by atoms with Crippen molar-refractivity contribution in [2.45, 2.75) is 13.5 Å². The van der Waals surface area contributed by atoms with Gasteiger partial charge in [-0.15, -0.1) is 0 Å². The molecule has 1 heterocycles. The maximum Gasteiger partial charge on any atom is 0.337 e. The van der Waals surface area contributed by atoms with Crippen LogP contribution in [0, 0.1) is 6.92 Å². The highest BCUT2D eigenvalue weighted by atomic mass is 16.5. The molecule has 7 nitrogen and oxygen atoms in total. The van der Waals surface area contributed by atoms with Crippen molar-refractivity contribution in [1.29, 1.82) is 0 Å². The lowest BCUT2D eigenvalue weighted by Crippen LogP contribution is -2.29. The van der Waals surface area contributed by atoms with Crippen molar-refractivity contribution in [1.82, 2.24) is 9.78 Å². The molecule has 0 spiro atoms. The highest BCUT2D eigenvalue weighted by Gasteiger charge is 2.10. The van der Waals surface area contributed by atoms with Crippen LogP contribution in [0.25, 0.3) is 11.3 Å². The van der Waals surface area contributed by atoms with Gasteiger partial charge in [0, 0.05) is 17.3 Å². The first-order chi connectivity index (χ1) is 13.5. The lowest BCUT2D eigenvalue weighted by Gasteiger charge is -2.10. The number of hydrogen-bond donors (Lipinski definition) is 1. The SMILES string of the molecule is COC(=O)c1ccc(NC(=O)Cn2nc(-c3ccccc3C)ccc2=O)cc1. The van der Waals surface area contributed by atoms with E-state index in [1.54, 1.807) is 30.3 Å². The Balaban J connectivity index is 1.75. The lowest BCUT2D eigenvalue weighted by molar-refractivity contribution is -0.117. The Morgan fingerprint density at radius 2 is 1.75 bits per heavy atom. The normalized spacial score (nSPS) is 10.4. The summed E-state index contributed by atoms with van der Waals surface area (Å²) in [4.78, 5) is 35.9. The quantitative estimate of drug-likeness (QED) is 0.691. The number of rotatable bonds is 5. The summed E-state index contributed by atoms with van der Waals surface area (Å²) in [6.45, 7) is 1.73. The van der Waals surface area contributed by atoms with Crippen molar-refractivity contribution < 1.29 is 14.3 Å². The zero-order valence-electron chi connectivity index (χ0n) is 15.5. The third-order valence-corrected chi connectivity index (χ3v) is 4.17. The predicted molar refractivity (Wildman–Crippen MR) is 105 cm³/mol. The molecule has 0 saturated carbocycles. The number of aromatic nitrogens is 2. The van der Waals surface area contributed by atoms with Gasteiger partial charge in [0.15, 0.2) is 0 Å². The molecular formula is C21H19N3O4. The van der Waals surface area contributed by atoms with E-state index in [1.165, 1.54) is 13.2 Å². The monoisotopic (exact) mass is 377 g/mol. The molecule has 3 rings (SSSR count). The molecule has 1 amide bonds. The molecule has 0 saturated heterocycles. The van der Waals surface area contributed by atoms with Crippen LogP contribution >= 0.6 is 0 Å². The van der Waals surface area contributed by atoms with Crippen LogP contribution in [0.1, 0.15) is 15.9 Å². The molecule has 0 radical (unpaired) electrons. The van der Waals surface area contributed by atoms with Crippen LogP contribution in [0.3, 0.4) is 0 Å². The number of methoxy groups -OCH3 is 1. The van der Waals surface area contributed by atoms with Gasteiger partial charge in [-0.3, -0.25) is 9.59 Å². The smallest absolute Gasteiger partial charge is 0.337 e. The zero-order valence-corrected chi connectivity index (χ0v) is 15.5. The third kappa shape index (κ3) is 4.32. The molecule has 1 aromatic heterocycles. The second-order valence-corrected chi connectivity index (χ2v) is 6.15. The second-order valence-electron chi connectivity index (χ2n) is 6.15. The van der Waals surface area contributed by atoms with E-state index in [0.29, 0.717) is 16.9 Å². The molecule has 0 fully saturated rings. The molecule has 28 heavy (non-hydrogen) atoms. The summed E-state index contributed by atoms with van der Waals surface area (Å²) in [7, 11) is 1.30. The summed E-state index contributed by atoms with van der Waals surface area (Å²) >= 11 is 0. The van der Waals surface area contributed by atoms with Crippen molar-refractivity contribution in [3.63, 3.8) is 0 Å². The van der Waals surface area contributed by atoms with Gasteiger partial charge in [0.05, 0.1) is 18.4 Å². The number of nitrogens with zero attached hydrogens (tertiary/aromatic N) is 2. The summed E-state index contributed by atoms with van der Waals surface area (Å²) in [5, 5.41) is 7.00. The molecule has 0 bridgehead atoms. The van der Waals surface area contributed by atoms with Crippen molar-refractivity contribution in [3.05, 3.63) is 82.1 Å². The number of anilines is 1. The van der Waals surface area contributed by atoms with E-state index >= 15 is 0 Å². The molecule has 7 heteroatoms. The minimum Gasteiger partial charge on any atom is -0.465 e. The summed E-state index contributed by atoms with van der Waals surface area (Å²) in [5.74, 6) is -0.857. The van der Waals surface area contributed by atoms with Crippen LogP contribution in [-0.2, 0) is 16.1 Å². The fraction of sp³-hybridized carbons (Fsp3) is 0.143. The minimum absolute atomic E-state index is 0.225. The van der Waals surface area contributed by atoms with E-state index in [2.05, 4.69) is 15.2 Å². The summed E-state index contributed by atoms with van der Waals surface area (Å²) < 4.78 is 5.76. The second kappa shape index (κ2) is 8.30. The number of carbonyl (C=O) groups excluding carboxylic acids is 2. The predicted octanol–water partition coefficient (Wildman–Crippen LogP) is 2.64. The molecule has 0 aliphatic rings. The standard InChI is InChI=1S/C21H19N3O4/c1-14-5-3-4-6-17(14)18-11-12-20(26)24(23-18)13-19(25)22-16-9-7-15(8-10-16)21(27)28-2/h3-12H,13H2,1-2H3,(H,22,25). The van der Waals surface area contributed by atoms with Gasteiger partial charge in [0.1, 0.15) is 6.54 Å². The Labute approximate surface area is 161 Å². The van der Waals surface area contributed by atoms with Crippen molar-refractivity contribution >= 4 is 17.6 Å². The summed E-state index contributed by atoms with van der Waals surface area (Å²) in [5.41, 5.74) is 3.05. The molecular weight excluding hydrogens is 358 g/mol. The van der Waals surface area contributed by atoms with Crippen molar-refractivity contribution in [3.8, 4) is 11.3 Å². The van der Waals surface area contributed by atoms with Crippen LogP contribution < -0.4 is 10.9 Å². The molecule has 3 aromatic rings. The molecule has 0 unspecified atom stereocenters. The first kappa shape index (κ1) is 19.0. The molecule has 0 aliphatic carbocycles. The largest absolute Gasteiger partial charge is 0.465 e. The number of esters is 1. The maximum atomic E-state index is 12.3. The Hall–Kier alpha value is -3.74. The molecule has 1 N–H and O–H groups in total. The number of benzene rings is 2. The topological polar surface area (TPSA) is 90.3 Å². The van der Waals surface area contributed by atoms with Gasteiger partial charge < -0.3 is 10.1 Å². The first-order valence-electron chi connectivity index (χ1n) is 8.60. The highest BCUT2D eigenvalue weighted by molar-refractivity contribution is 5.92. The number of hydrogen-bond acceptors (Lipinski definition) is 5. The molecule has 142 valence electrons. The van der Waals surface area contributed by atoms with Gasteiger partial charge >= 0.3 is 5.97 Å². The van der Waals surface area contributed by atoms with E-state index in [0.717, 1.165) is 15.8 Å². The van der Waals surface area contributed by atoms with E-state index in [9.17, 15) is 14.4 Å². The van der Waals surface area contributed by atoms with E-state index in [-0.39, 0.29) is 12.1 Å².